The standard InChI is InChI=1S/C12H19BN2O4S2/c1-11(2)12(3,4)19-13(18-11)9-7-14-10(20-9)15-21(16,17)8-5-6-8/h7-8H,5-6H2,1-4H3,(H,14,15). The van der Waals surface area contributed by atoms with E-state index in [2.05, 4.69) is 9.71 Å². The second-order valence-corrected chi connectivity index (χ2v) is 9.53. The first-order valence-electron chi connectivity index (χ1n) is 6.94. The molecule has 0 unspecified atom stereocenters. The molecule has 21 heavy (non-hydrogen) atoms. The number of aromatic nitrogens is 1. The van der Waals surface area contributed by atoms with E-state index in [9.17, 15) is 8.42 Å². The van der Waals surface area contributed by atoms with Gasteiger partial charge < -0.3 is 9.31 Å². The zero-order valence-electron chi connectivity index (χ0n) is 12.5. The Balaban J connectivity index is 1.74. The average molecular weight is 330 g/mol. The van der Waals surface area contributed by atoms with Crippen molar-refractivity contribution in [3.63, 3.8) is 0 Å². The minimum atomic E-state index is -3.28. The van der Waals surface area contributed by atoms with Gasteiger partial charge in [0.2, 0.25) is 10.0 Å². The van der Waals surface area contributed by atoms with Crippen LogP contribution in [0.15, 0.2) is 6.20 Å². The van der Waals surface area contributed by atoms with Crippen LogP contribution < -0.4 is 9.50 Å². The maximum atomic E-state index is 11.9. The molecule has 1 saturated heterocycles. The van der Waals surface area contributed by atoms with Crippen molar-refractivity contribution in [2.45, 2.75) is 57.0 Å². The quantitative estimate of drug-likeness (QED) is 0.843. The summed E-state index contributed by atoms with van der Waals surface area (Å²) in [5.41, 5.74) is -0.843. The summed E-state index contributed by atoms with van der Waals surface area (Å²) in [6.07, 6.45) is 3.06. The Labute approximate surface area is 129 Å². The first-order valence-corrected chi connectivity index (χ1v) is 9.30. The highest BCUT2D eigenvalue weighted by Gasteiger charge is 2.52. The van der Waals surface area contributed by atoms with E-state index in [1.54, 1.807) is 6.20 Å². The minimum Gasteiger partial charge on any atom is -0.399 e. The number of hydrogen-bond donors (Lipinski definition) is 1. The lowest BCUT2D eigenvalue weighted by Gasteiger charge is -2.32. The van der Waals surface area contributed by atoms with Crippen LogP contribution in [0.2, 0.25) is 0 Å². The fraction of sp³-hybridized carbons (Fsp3) is 0.750. The minimum absolute atomic E-state index is 0.262. The Bertz CT molecular complexity index is 636. The molecule has 3 rings (SSSR count). The van der Waals surface area contributed by atoms with Crippen LogP contribution in [0.4, 0.5) is 5.13 Å². The second-order valence-electron chi connectivity index (χ2n) is 6.50. The second kappa shape index (κ2) is 4.68. The van der Waals surface area contributed by atoms with Crippen LogP contribution in [-0.4, -0.2) is 37.0 Å². The summed E-state index contributed by atoms with van der Waals surface area (Å²) < 4.78 is 38.9. The molecular weight excluding hydrogens is 311 g/mol. The zero-order valence-corrected chi connectivity index (χ0v) is 14.2. The Kier molecular flexibility index (Phi) is 3.40. The molecule has 1 aliphatic heterocycles. The van der Waals surface area contributed by atoms with Gasteiger partial charge in [0.1, 0.15) is 0 Å². The molecule has 0 spiro atoms. The summed E-state index contributed by atoms with van der Waals surface area (Å²) in [6, 6.07) is 0. The number of anilines is 1. The predicted molar refractivity (Wildman–Crippen MR) is 83.4 cm³/mol. The summed E-state index contributed by atoms with van der Waals surface area (Å²) in [7, 11) is -3.79. The molecule has 2 aliphatic rings. The third-order valence-electron chi connectivity index (χ3n) is 4.20. The average Bonchev–Trinajstić information content (AvgIpc) is 3.05. The molecule has 1 saturated carbocycles. The van der Waals surface area contributed by atoms with Gasteiger partial charge in [0.05, 0.1) is 21.2 Å². The number of sulfonamides is 1. The fourth-order valence-electron chi connectivity index (χ4n) is 1.99. The lowest BCUT2D eigenvalue weighted by Crippen LogP contribution is -2.41. The van der Waals surface area contributed by atoms with E-state index in [0.717, 1.165) is 17.6 Å². The van der Waals surface area contributed by atoms with Crippen molar-refractivity contribution in [2.75, 3.05) is 4.72 Å². The molecule has 0 atom stereocenters. The van der Waals surface area contributed by atoms with Crippen molar-refractivity contribution in [2.24, 2.45) is 0 Å². The van der Waals surface area contributed by atoms with E-state index in [1.807, 2.05) is 27.7 Å². The van der Waals surface area contributed by atoms with Gasteiger partial charge in [-0.15, -0.1) is 11.3 Å². The van der Waals surface area contributed by atoms with Gasteiger partial charge in [0, 0.05) is 6.20 Å². The molecule has 116 valence electrons. The van der Waals surface area contributed by atoms with Gasteiger partial charge in [-0.2, -0.15) is 0 Å². The van der Waals surface area contributed by atoms with Crippen LogP contribution >= 0.6 is 11.3 Å². The number of rotatable bonds is 4. The van der Waals surface area contributed by atoms with Crippen LogP contribution in [-0.2, 0) is 19.3 Å². The molecule has 2 heterocycles. The maximum Gasteiger partial charge on any atom is 0.507 e. The van der Waals surface area contributed by atoms with Crippen molar-refractivity contribution in [3.8, 4) is 0 Å². The summed E-state index contributed by atoms with van der Waals surface area (Å²) in [5.74, 6) is 0. The van der Waals surface area contributed by atoms with E-state index in [4.69, 9.17) is 9.31 Å². The Morgan fingerprint density at radius 1 is 1.29 bits per heavy atom. The molecular formula is C12H19BN2O4S2. The number of thiazole rings is 1. The van der Waals surface area contributed by atoms with Gasteiger partial charge in [0.15, 0.2) is 5.13 Å². The van der Waals surface area contributed by atoms with Crippen molar-refractivity contribution < 1.29 is 17.7 Å². The van der Waals surface area contributed by atoms with Crippen LogP contribution in [0, 0.1) is 0 Å². The molecule has 1 N–H and O–H groups in total. The molecule has 2 fully saturated rings. The van der Waals surface area contributed by atoms with E-state index in [1.165, 1.54) is 11.3 Å². The van der Waals surface area contributed by atoms with Gasteiger partial charge in [-0.25, -0.2) is 13.4 Å². The molecule has 6 nitrogen and oxygen atoms in total. The first kappa shape index (κ1) is 15.3. The van der Waals surface area contributed by atoms with Crippen molar-refractivity contribution in [1.82, 2.24) is 4.98 Å². The summed E-state index contributed by atoms with van der Waals surface area (Å²) in [6.45, 7) is 7.91. The smallest absolute Gasteiger partial charge is 0.399 e. The normalized spacial score (nSPS) is 24.3. The predicted octanol–water partition coefficient (Wildman–Crippen LogP) is 1.35. The summed E-state index contributed by atoms with van der Waals surface area (Å²) >= 11 is 1.25. The largest absolute Gasteiger partial charge is 0.507 e. The van der Waals surface area contributed by atoms with Crippen molar-refractivity contribution in [1.29, 1.82) is 0 Å². The third-order valence-corrected chi connectivity index (χ3v) is 7.09. The van der Waals surface area contributed by atoms with E-state index in [0.29, 0.717) is 5.13 Å². The molecule has 0 bridgehead atoms. The van der Waals surface area contributed by atoms with Gasteiger partial charge >= 0.3 is 7.12 Å². The Hall–Kier alpha value is -0.635. The van der Waals surface area contributed by atoms with Crippen LogP contribution in [0.1, 0.15) is 40.5 Å². The van der Waals surface area contributed by atoms with E-state index < -0.39 is 28.3 Å². The fourth-order valence-corrected chi connectivity index (χ4v) is 4.35. The molecule has 1 aromatic rings. The maximum absolute atomic E-state index is 11.9. The third kappa shape index (κ3) is 2.84. The molecule has 1 aliphatic carbocycles. The summed E-state index contributed by atoms with van der Waals surface area (Å²) in [4.78, 5) is 4.12. The molecule has 9 heteroatoms. The summed E-state index contributed by atoms with van der Waals surface area (Å²) in [5, 5.41) is 0.105. The van der Waals surface area contributed by atoms with Gasteiger partial charge in [-0.1, -0.05) is 0 Å². The Morgan fingerprint density at radius 3 is 2.38 bits per heavy atom. The first-order chi connectivity index (χ1) is 9.61. The van der Waals surface area contributed by atoms with Gasteiger partial charge in [-0.3, -0.25) is 4.72 Å². The van der Waals surface area contributed by atoms with E-state index in [-0.39, 0.29) is 5.25 Å². The highest BCUT2D eigenvalue weighted by Crippen LogP contribution is 2.37. The number of hydrogen-bond acceptors (Lipinski definition) is 6. The van der Waals surface area contributed by atoms with Crippen LogP contribution in [0.5, 0.6) is 0 Å². The molecule has 0 aromatic carbocycles. The van der Waals surface area contributed by atoms with Gasteiger partial charge in [0.25, 0.3) is 0 Å². The molecule has 1 aromatic heterocycles. The zero-order chi connectivity index (χ0) is 15.5. The van der Waals surface area contributed by atoms with Crippen LogP contribution in [0.3, 0.4) is 0 Å². The molecule has 0 radical (unpaired) electrons. The topological polar surface area (TPSA) is 77.5 Å². The van der Waals surface area contributed by atoms with Crippen molar-refractivity contribution in [3.05, 3.63) is 6.20 Å². The van der Waals surface area contributed by atoms with Crippen molar-refractivity contribution >= 4 is 38.4 Å². The monoisotopic (exact) mass is 330 g/mol. The lowest BCUT2D eigenvalue weighted by molar-refractivity contribution is 0.00578. The number of nitrogens with zero attached hydrogens (tertiary/aromatic N) is 1. The highest BCUT2D eigenvalue weighted by atomic mass is 32.2. The van der Waals surface area contributed by atoms with E-state index >= 15 is 0 Å². The van der Waals surface area contributed by atoms with Crippen LogP contribution in [0.25, 0.3) is 0 Å². The highest BCUT2D eigenvalue weighted by molar-refractivity contribution is 7.93. The van der Waals surface area contributed by atoms with Gasteiger partial charge in [-0.05, 0) is 40.5 Å². The molecule has 0 amide bonds. The number of nitrogens with one attached hydrogen (secondary N) is 1. The SMILES string of the molecule is CC1(C)OB(c2cnc(NS(=O)(=O)C3CC3)s2)OC1(C)C. The Morgan fingerprint density at radius 2 is 1.86 bits per heavy atom. The lowest BCUT2D eigenvalue weighted by atomic mass is 9.89.